The molecule has 0 unspecified atom stereocenters. The molecule has 2 aromatic carbocycles. The number of nitrogens with zero attached hydrogens (tertiary/aromatic N) is 1. The van der Waals surface area contributed by atoms with Crippen LogP contribution in [-0.2, 0) is 9.59 Å². The van der Waals surface area contributed by atoms with Crippen LogP contribution in [0.25, 0.3) is 22.2 Å². The van der Waals surface area contributed by atoms with Crippen LogP contribution in [0.3, 0.4) is 0 Å². The minimum atomic E-state index is -0.174. The van der Waals surface area contributed by atoms with E-state index in [1.807, 2.05) is 48.2 Å². The van der Waals surface area contributed by atoms with Crippen LogP contribution in [0.4, 0.5) is 5.69 Å². The molecule has 0 bridgehead atoms. The van der Waals surface area contributed by atoms with Crippen LogP contribution >= 0.6 is 0 Å². The van der Waals surface area contributed by atoms with Gasteiger partial charge in [-0.15, -0.1) is 0 Å². The van der Waals surface area contributed by atoms with Crippen molar-refractivity contribution in [1.29, 1.82) is 0 Å². The highest BCUT2D eigenvalue weighted by Crippen LogP contribution is 2.47. The number of fused-ring (bicyclic) bond motifs is 1. The second-order valence-corrected chi connectivity index (χ2v) is 8.99. The normalized spacial score (nSPS) is 20.2. The Morgan fingerprint density at radius 3 is 2.73 bits per heavy atom. The third kappa shape index (κ3) is 3.60. The van der Waals surface area contributed by atoms with Crippen molar-refractivity contribution < 1.29 is 9.59 Å². The highest BCUT2D eigenvalue weighted by Gasteiger charge is 2.48. The minimum Gasteiger partial charge on any atom is -0.355 e. The lowest BCUT2D eigenvalue weighted by molar-refractivity contribution is -0.139. The minimum absolute atomic E-state index is 0.00208. The van der Waals surface area contributed by atoms with Crippen molar-refractivity contribution in [2.24, 2.45) is 11.3 Å². The molecule has 1 aromatic heterocycles. The van der Waals surface area contributed by atoms with Gasteiger partial charge in [0.2, 0.25) is 11.8 Å². The van der Waals surface area contributed by atoms with Gasteiger partial charge in [-0.2, -0.15) is 0 Å². The average Bonchev–Trinajstić information content (AvgIpc) is 3.37. The van der Waals surface area contributed by atoms with Gasteiger partial charge in [-0.05, 0) is 49.9 Å². The fraction of sp³-hybridized carbons (Fsp3) is 0.360. The first-order valence-electron chi connectivity index (χ1n) is 10.8. The van der Waals surface area contributed by atoms with Crippen molar-refractivity contribution in [2.75, 3.05) is 18.4 Å². The van der Waals surface area contributed by atoms with Gasteiger partial charge < -0.3 is 15.2 Å². The fourth-order valence-electron chi connectivity index (χ4n) is 4.40. The van der Waals surface area contributed by atoms with E-state index in [2.05, 4.69) is 28.5 Å². The Hall–Kier alpha value is -3.08. The second-order valence-electron chi connectivity index (χ2n) is 8.99. The lowest BCUT2D eigenvalue weighted by Gasteiger charge is -2.33. The van der Waals surface area contributed by atoms with Crippen molar-refractivity contribution in [3.8, 4) is 11.3 Å². The first kappa shape index (κ1) is 18.9. The topological polar surface area (TPSA) is 65.2 Å². The van der Waals surface area contributed by atoms with Crippen LogP contribution in [0.15, 0.2) is 54.6 Å². The molecule has 2 fully saturated rings. The summed E-state index contributed by atoms with van der Waals surface area (Å²) in [4.78, 5) is 30.9. The van der Waals surface area contributed by atoms with E-state index >= 15 is 0 Å². The van der Waals surface area contributed by atoms with Gasteiger partial charge in [0.05, 0.1) is 5.92 Å². The van der Waals surface area contributed by atoms with Gasteiger partial charge in [-0.1, -0.05) is 37.3 Å². The number of aromatic amines is 1. The van der Waals surface area contributed by atoms with Crippen molar-refractivity contribution in [1.82, 2.24) is 9.88 Å². The average molecular weight is 402 g/mol. The molecule has 0 radical (unpaired) electrons. The third-order valence-electron chi connectivity index (χ3n) is 6.57. The Labute approximate surface area is 176 Å². The SMILES string of the molecule is CC1(C(=O)N2CCC[C@@H](C(=O)Nc3cccc(-c4cc5ccccc5[nH]4)c3)C2)CC1. The maximum absolute atomic E-state index is 12.9. The molecule has 1 atom stereocenters. The van der Waals surface area contributed by atoms with Crippen LogP contribution in [-0.4, -0.2) is 34.8 Å². The summed E-state index contributed by atoms with van der Waals surface area (Å²) in [6, 6.07) is 18.2. The molecule has 5 rings (SSSR count). The number of benzene rings is 2. The van der Waals surface area contributed by atoms with E-state index < -0.39 is 0 Å². The van der Waals surface area contributed by atoms with Gasteiger partial charge in [0.15, 0.2) is 0 Å². The molecule has 2 heterocycles. The zero-order valence-corrected chi connectivity index (χ0v) is 17.3. The monoisotopic (exact) mass is 401 g/mol. The molecule has 1 saturated carbocycles. The van der Waals surface area contributed by atoms with Crippen molar-refractivity contribution in [2.45, 2.75) is 32.6 Å². The molecule has 2 amide bonds. The van der Waals surface area contributed by atoms with Crippen LogP contribution in [0.2, 0.25) is 0 Å². The standard InChI is InChI=1S/C25H27N3O2/c1-25(11-12-25)24(30)28-13-5-8-19(16-28)23(29)26-20-9-4-7-17(14-20)22-15-18-6-2-3-10-21(18)27-22/h2-4,6-7,9-10,14-15,19,27H,5,8,11-13,16H2,1H3,(H,26,29)/t19-/m1/s1. The second kappa shape index (κ2) is 7.31. The number of carbonyl (C=O) groups is 2. The smallest absolute Gasteiger partial charge is 0.229 e. The summed E-state index contributed by atoms with van der Waals surface area (Å²) in [7, 11) is 0. The van der Waals surface area contributed by atoms with Gasteiger partial charge in [-0.3, -0.25) is 9.59 Å². The number of piperidine rings is 1. The van der Waals surface area contributed by atoms with Crippen LogP contribution in [0.5, 0.6) is 0 Å². The Morgan fingerprint density at radius 1 is 1.10 bits per heavy atom. The third-order valence-corrected chi connectivity index (χ3v) is 6.57. The molecule has 154 valence electrons. The number of aromatic nitrogens is 1. The molecule has 2 aliphatic rings. The first-order valence-corrected chi connectivity index (χ1v) is 10.8. The molecule has 0 spiro atoms. The maximum atomic E-state index is 12.9. The van der Waals surface area contributed by atoms with E-state index in [-0.39, 0.29) is 23.1 Å². The Morgan fingerprint density at radius 2 is 1.93 bits per heavy atom. The summed E-state index contributed by atoms with van der Waals surface area (Å²) in [6.07, 6.45) is 3.66. The zero-order chi connectivity index (χ0) is 20.7. The molecular formula is C25H27N3O2. The van der Waals surface area contributed by atoms with Crippen molar-refractivity contribution >= 4 is 28.4 Å². The summed E-state index contributed by atoms with van der Waals surface area (Å²) >= 11 is 0. The van der Waals surface area contributed by atoms with Gasteiger partial charge in [0.25, 0.3) is 0 Å². The maximum Gasteiger partial charge on any atom is 0.229 e. The van der Waals surface area contributed by atoms with Crippen molar-refractivity contribution in [3.05, 3.63) is 54.6 Å². The summed E-state index contributed by atoms with van der Waals surface area (Å²) in [5.74, 6) is 0.0739. The Bertz CT molecular complexity index is 1080. The number of nitrogens with one attached hydrogen (secondary N) is 2. The first-order chi connectivity index (χ1) is 14.5. The number of amides is 2. The number of hydrogen-bond acceptors (Lipinski definition) is 2. The highest BCUT2D eigenvalue weighted by atomic mass is 16.2. The summed E-state index contributed by atoms with van der Waals surface area (Å²) in [5.41, 5.74) is 3.77. The molecule has 5 heteroatoms. The van der Waals surface area contributed by atoms with Gasteiger partial charge >= 0.3 is 0 Å². The summed E-state index contributed by atoms with van der Waals surface area (Å²) in [5, 5.41) is 4.24. The van der Waals surface area contributed by atoms with E-state index in [0.717, 1.165) is 54.7 Å². The van der Waals surface area contributed by atoms with E-state index in [0.29, 0.717) is 6.54 Å². The summed E-state index contributed by atoms with van der Waals surface area (Å²) < 4.78 is 0. The summed E-state index contributed by atoms with van der Waals surface area (Å²) in [6.45, 7) is 3.34. The van der Waals surface area contributed by atoms with Gasteiger partial charge in [0.1, 0.15) is 0 Å². The zero-order valence-electron chi connectivity index (χ0n) is 17.3. The number of likely N-dealkylation sites (tertiary alicyclic amines) is 1. The Kier molecular flexibility index (Phi) is 4.61. The number of rotatable bonds is 4. The van der Waals surface area contributed by atoms with Crippen LogP contribution in [0, 0.1) is 11.3 Å². The van der Waals surface area contributed by atoms with E-state index in [9.17, 15) is 9.59 Å². The number of hydrogen-bond donors (Lipinski definition) is 2. The molecular weight excluding hydrogens is 374 g/mol. The predicted molar refractivity (Wildman–Crippen MR) is 119 cm³/mol. The van der Waals surface area contributed by atoms with Crippen molar-refractivity contribution in [3.63, 3.8) is 0 Å². The Balaban J connectivity index is 1.29. The van der Waals surface area contributed by atoms with Crippen LogP contribution < -0.4 is 5.32 Å². The number of H-pyrrole nitrogens is 1. The predicted octanol–water partition coefficient (Wildman–Crippen LogP) is 4.81. The molecule has 30 heavy (non-hydrogen) atoms. The van der Waals surface area contributed by atoms with E-state index in [1.54, 1.807) is 0 Å². The van der Waals surface area contributed by atoms with Gasteiger partial charge in [-0.25, -0.2) is 0 Å². The fourth-order valence-corrected chi connectivity index (χ4v) is 4.40. The quantitative estimate of drug-likeness (QED) is 0.659. The van der Waals surface area contributed by atoms with Gasteiger partial charge in [0, 0.05) is 46.4 Å². The highest BCUT2D eigenvalue weighted by molar-refractivity contribution is 5.94. The lowest BCUT2D eigenvalue weighted by atomic mass is 9.95. The van der Waals surface area contributed by atoms with E-state index in [4.69, 9.17) is 0 Å². The number of carbonyl (C=O) groups excluding carboxylic acids is 2. The molecule has 1 saturated heterocycles. The lowest BCUT2D eigenvalue weighted by Crippen LogP contribution is -2.46. The molecule has 1 aliphatic heterocycles. The van der Waals surface area contributed by atoms with Crippen LogP contribution in [0.1, 0.15) is 32.6 Å². The number of para-hydroxylation sites is 1. The molecule has 1 aliphatic carbocycles. The molecule has 5 nitrogen and oxygen atoms in total. The largest absolute Gasteiger partial charge is 0.355 e. The van der Waals surface area contributed by atoms with E-state index in [1.165, 1.54) is 5.39 Å². The number of anilines is 1. The molecule has 3 aromatic rings. The molecule has 2 N–H and O–H groups in total.